The van der Waals surface area contributed by atoms with Gasteiger partial charge in [-0.1, -0.05) is 99.5 Å². The fourth-order valence-electron chi connectivity index (χ4n) is 4.51. The first-order chi connectivity index (χ1) is 17.7. The molecule has 5 aromatic rings. The Kier molecular flexibility index (Phi) is 8.15. The van der Waals surface area contributed by atoms with Crippen LogP contribution in [0.15, 0.2) is 72.8 Å². The summed E-state index contributed by atoms with van der Waals surface area (Å²) in [6.07, 6.45) is 16.4. The van der Waals surface area contributed by atoms with Crippen molar-refractivity contribution in [1.82, 2.24) is 0 Å². The van der Waals surface area contributed by atoms with E-state index in [0.29, 0.717) is 0 Å². The third-order valence-corrected chi connectivity index (χ3v) is 9.08. The van der Waals surface area contributed by atoms with Gasteiger partial charge in [0.05, 0.1) is 9.40 Å². The zero-order valence-electron chi connectivity index (χ0n) is 21.3. The van der Waals surface area contributed by atoms with E-state index >= 15 is 0 Å². The molecule has 0 aliphatic heterocycles. The zero-order chi connectivity index (χ0) is 24.7. The van der Waals surface area contributed by atoms with Gasteiger partial charge in [-0.05, 0) is 83.0 Å². The molecule has 5 rings (SSSR count). The van der Waals surface area contributed by atoms with E-state index in [1.807, 2.05) is 22.7 Å². The molecule has 0 radical (unpaired) electrons. The van der Waals surface area contributed by atoms with Gasteiger partial charge in [-0.15, -0.1) is 22.7 Å². The molecular weight excluding hydrogens is 473 g/mol. The summed E-state index contributed by atoms with van der Waals surface area (Å²) in [6.45, 7) is 4.50. The normalized spacial score (nSPS) is 12.1. The lowest BCUT2D eigenvalue weighted by molar-refractivity contribution is 0.795. The third kappa shape index (κ3) is 6.06. The number of benzene rings is 3. The van der Waals surface area contributed by atoms with Gasteiger partial charge in [-0.25, -0.2) is 0 Å². The van der Waals surface area contributed by atoms with Gasteiger partial charge in [0.15, 0.2) is 0 Å². The standard InChI is InChI=1S/C34H34S2/c1-3-5-7-25-9-13-27(14-10-25)17-21-31-23-29-19-20-30-24-32(36-34(30)33(29)35-31)22-18-28-15-11-26(12-16-28)8-6-4-2/h9-24H,3-8H2,1-2H3/b21-17+,22-18+. The Labute approximate surface area is 223 Å². The van der Waals surface area contributed by atoms with E-state index in [1.54, 1.807) is 0 Å². The molecule has 0 atom stereocenters. The monoisotopic (exact) mass is 506 g/mol. The molecule has 2 aromatic heterocycles. The lowest BCUT2D eigenvalue weighted by Crippen LogP contribution is -1.83. The Bertz CT molecular complexity index is 1360. The third-order valence-electron chi connectivity index (χ3n) is 6.69. The minimum absolute atomic E-state index is 1.18. The highest BCUT2D eigenvalue weighted by Crippen LogP contribution is 2.38. The molecule has 0 spiro atoms. The Morgan fingerprint density at radius 3 is 1.33 bits per heavy atom. The maximum atomic E-state index is 2.32. The van der Waals surface area contributed by atoms with Crippen molar-refractivity contribution in [1.29, 1.82) is 0 Å². The van der Waals surface area contributed by atoms with Crippen molar-refractivity contribution in [2.75, 3.05) is 0 Å². The number of hydrogen-bond acceptors (Lipinski definition) is 2. The van der Waals surface area contributed by atoms with Gasteiger partial charge in [0.2, 0.25) is 0 Å². The first-order valence-corrected chi connectivity index (χ1v) is 14.9. The number of aryl methyl sites for hydroxylation is 2. The molecule has 0 fully saturated rings. The highest BCUT2D eigenvalue weighted by Gasteiger charge is 2.08. The van der Waals surface area contributed by atoms with Crippen LogP contribution in [0.1, 0.15) is 71.5 Å². The van der Waals surface area contributed by atoms with Crippen LogP contribution in [0, 0.1) is 0 Å². The summed E-state index contributed by atoms with van der Waals surface area (Å²) in [7, 11) is 0. The van der Waals surface area contributed by atoms with Gasteiger partial charge in [0.25, 0.3) is 0 Å². The second kappa shape index (κ2) is 11.9. The van der Waals surface area contributed by atoms with Crippen LogP contribution in [0.2, 0.25) is 0 Å². The molecule has 36 heavy (non-hydrogen) atoms. The second-order valence-corrected chi connectivity index (χ2v) is 11.7. The summed E-state index contributed by atoms with van der Waals surface area (Å²) < 4.78 is 2.79. The van der Waals surface area contributed by atoms with Crippen LogP contribution in [-0.2, 0) is 12.8 Å². The van der Waals surface area contributed by atoms with Crippen molar-refractivity contribution in [3.8, 4) is 0 Å². The van der Waals surface area contributed by atoms with Crippen LogP contribution < -0.4 is 0 Å². The molecule has 2 heterocycles. The summed E-state index contributed by atoms with van der Waals surface area (Å²) in [5.74, 6) is 0. The average molecular weight is 507 g/mol. The summed E-state index contributed by atoms with van der Waals surface area (Å²) in [4.78, 5) is 2.61. The predicted octanol–water partition coefficient (Wildman–Crippen LogP) is 11.1. The maximum absolute atomic E-state index is 2.32. The van der Waals surface area contributed by atoms with E-state index in [-0.39, 0.29) is 0 Å². The molecule has 2 heteroatoms. The molecule has 0 unspecified atom stereocenters. The summed E-state index contributed by atoms with van der Waals surface area (Å²) >= 11 is 3.79. The van der Waals surface area contributed by atoms with E-state index in [9.17, 15) is 0 Å². The fraction of sp³-hybridized carbons (Fsp3) is 0.235. The van der Waals surface area contributed by atoms with E-state index in [2.05, 4.69) is 111 Å². The van der Waals surface area contributed by atoms with Crippen molar-refractivity contribution < 1.29 is 0 Å². The predicted molar refractivity (Wildman–Crippen MR) is 165 cm³/mol. The molecule has 0 saturated heterocycles. The van der Waals surface area contributed by atoms with Gasteiger partial charge >= 0.3 is 0 Å². The van der Waals surface area contributed by atoms with Crippen molar-refractivity contribution >= 4 is 67.1 Å². The van der Waals surface area contributed by atoms with Crippen LogP contribution in [0.5, 0.6) is 0 Å². The molecule has 0 aliphatic carbocycles. The first kappa shape index (κ1) is 24.7. The Morgan fingerprint density at radius 1 is 0.528 bits per heavy atom. The quantitative estimate of drug-likeness (QED) is 0.177. The van der Waals surface area contributed by atoms with E-state index in [0.717, 1.165) is 0 Å². The van der Waals surface area contributed by atoms with Crippen LogP contribution in [0.4, 0.5) is 0 Å². The highest BCUT2D eigenvalue weighted by molar-refractivity contribution is 7.28. The Balaban J connectivity index is 1.32. The number of fused-ring (bicyclic) bond motifs is 3. The van der Waals surface area contributed by atoms with Crippen molar-refractivity contribution in [3.05, 3.63) is 105 Å². The SMILES string of the molecule is CCCCc1ccc(/C=C/c2cc3ccc4cc(/C=C/c5ccc(CCCC)cc5)sc4c3s2)cc1. The number of rotatable bonds is 10. The van der Waals surface area contributed by atoms with Gasteiger partial charge in [0.1, 0.15) is 0 Å². The lowest BCUT2D eigenvalue weighted by Gasteiger charge is -2.00. The molecule has 182 valence electrons. The van der Waals surface area contributed by atoms with Gasteiger partial charge < -0.3 is 0 Å². The van der Waals surface area contributed by atoms with Crippen LogP contribution >= 0.6 is 22.7 Å². The van der Waals surface area contributed by atoms with Gasteiger partial charge in [0, 0.05) is 9.75 Å². The largest absolute Gasteiger partial charge is 0.134 e. The van der Waals surface area contributed by atoms with E-state index in [1.165, 1.54) is 90.7 Å². The van der Waals surface area contributed by atoms with Gasteiger partial charge in [-0.2, -0.15) is 0 Å². The molecular formula is C34H34S2. The Morgan fingerprint density at radius 2 is 0.944 bits per heavy atom. The van der Waals surface area contributed by atoms with Crippen LogP contribution in [-0.4, -0.2) is 0 Å². The van der Waals surface area contributed by atoms with Crippen LogP contribution in [0.25, 0.3) is 44.5 Å². The smallest absolute Gasteiger partial charge is 0.0527 e. The molecule has 0 saturated carbocycles. The summed E-state index contributed by atoms with van der Waals surface area (Å²) in [5.41, 5.74) is 5.40. The molecule has 3 aromatic carbocycles. The van der Waals surface area contributed by atoms with Crippen molar-refractivity contribution in [3.63, 3.8) is 0 Å². The average Bonchev–Trinajstić information content (AvgIpc) is 3.53. The topological polar surface area (TPSA) is 0 Å². The minimum atomic E-state index is 1.18. The lowest BCUT2D eigenvalue weighted by atomic mass is 10.1. The molecule has 0 aliphatic rings. The Hall–Kier alpha value is -2.94. The van der Waals surface area contributed by atoms with E-state index < -0.39 is 0 Å². The molecule has 0 N–H and O–H groups in total. The summed E-state index contributed by atoms with van der Waals surface area (Å²) in [6, 6.07) is 27.2. The number of hydrogen-bond donors (Lipinski definition) is 0. The van der Waals surface area contributed by atoms with Crippen molar-refractivity contribution in [2.45, 2.75) is 52.4 Å². The molecule has 0 nitrogen and oxygen atoms in total. The fourth-order valence-corrected chi connectivity index (χ4v) is 6.78. The minimum Gasteiger partial charge on any atom is -0.134 e. The van der Waals surface area contributed by atoms with Crippen LogP contribution in [0.3, 0.4) is 0 Å². The highest BCUT2D eigenvalue weighted by atomic mass is 32.1. The molecule has 0 bridgehead atoms. The number of unbranched alkanes of at least 4 members (excludes halogenated alkanes) is 2. The van der Waals surface area contributed by atoms with Crippen molar-refractivity contribution in [2.24, 2.45) is 0 Å². The second-order valence-electron chi connectivity index (χ2n) is 9.56. The summed E-state index contributed by atoms with van der Waals surface area (Å²) in [5, 5.41) is 2.67. The zero-order valence-corrected chi connectivity index (χ0v) is 22.9. The maximum Gasteiger partial charge on any atom is 0.0527 e. The number of thiophene rings is 2. The van der Waals surface area contributed by atoms with E-state index in [4.69, 9.17) is 0 Å². The molecule has 0 amide bonds. The first-order valence-electron chi connectivity index (χ1n) is 13.2. The van der Waals surface area contributed by atoms with Gasteiger partial charge in [-0.3, -0.25) is 0 Å².